The quantitative estimate of drug-likeness (QED) is 0.340. The summed E-state index contributed by atoms with van der Waals surface area (Å²) in [5.41, 5.74) is 3.57. The van der Waals surface area contributed by atoms with Gasteiger partial charge in [-0.25, -0.2) is 0 Å². The topological polar surface area (TPSA) is 0 Å². The second kappa shape index (κ2) is 7.13. The molecule has 0 aromatic carbocycles. The summed E-state index contributed by atoms with van der Waals surface area (Å²) in [6.07, 6.45) is 9.21. The zero-order chi connectivity index (χ0) is 16.3. The molecule has 21 heavy (non-hydrogen) atoms. The molecule has 0 radical (unpaired) electrons. The first-order chi connectivity index (χ1) is 9.57. The van der Waals surface area contributed by atoms with Crippen molar-refractivity contribution in [1.82, 2.24) is 0 Å². The minimum atomic E-state index is -1.03. The molecule has 0 spiro atoms. The molecular formula is C20H36Si. The molecule has 0 bridgehead atoms. The summed E-state index contributed by atoms with van der Waals surface area (Å²) < 4.78 is 0. The van der Waals surface area contributed by atoms with Gasteiger partial charge in [0.25, 0.3) is 0 Å². The van der Waals surface area contributed by atoms with Gasteiger partial charge in [-0.3, -0.25) is 0 Å². The number of hydrogen-bond acceptors (Lipinski definition) is 0. The fourth-order valence-electron chi connectivity index (χ4n) is 3.85. The Balaban J connectivity index is 2.60. The Bertz CT molecular complexity index is 406. The van der Waals surface area contributed by atoms with Gasteiger partial charge in [0.05, 0.1) is 0 Å². The molecule has 1 aliphatic carbocycles. The molecule has 0 unspecified atom stereocenters. The predicted molar refractivity (Wildman–Crippen MR) is 100 cm³/mol. The van der Waals surface area contributed by atoms with Crippen LogP contribution in [0.5, 0.6) is 0 Å². The first-order valence-corrected chi connectivity index (χ1v) is 12.2. The highest BCUT2D eigenvalue weighted by Crippen LogP contribution is 2.56. The molecule has 0 aromatic heterocycles. The minimum Gasteiger partial charge on any atom is -0.103 e. The van der Waals surface area contributed by atoms with E-state index in [1.165, 1.54) is 30.9 Å². The lowest BCUT2D eigenvalue weighted by Gasteiger charge is -2.53. The summed E-state index contributed by atoms with van der Waals surface area (Å²) >= 11 is 0. The Morgan fingerprint density at radius 2 is 1.90 bits per heavy atom. The Morgan fingerprint density at radius 1 is 1.29 bits per heavy atom. The molecule has 1 saturated carbocycles. The summed E-state index contributed by atoms with van der Waals surface area (Å²) in [5, 5.41) is 0. The predicted octanol–water partition coefficient (Wildman–Crippen LogP) is 6.85. The van der Waals surface area contributed by atoms with E-state index in [0.717, 1.165) is 18.3 Å². The van der Waals surface area contributed by atoms with Gasteiger partial charge >= 0.3 is 0 Å². The van der Waals surface area contributed by atoms with Crippen molar-refractivity contribution in [3.63, 3.8) is 0 Å². The third kappa shape index (κ3) is 5.62. The number of hydrogen-bond donors (Lipinski definition) is 0. The van der Waals surface area contributed by atoms with Gasteiger partial charge in [-0.05, 0) is 55.9 Å². The van der Waals surface area contributed by atoms with E-state index >= 15 is 0 Å². The van der Waals surface area contributed by atoms with Gasteiger partial charge in [-0.15, -0.1) is 6.58 Å². The fourth-order valence-corrected chi connectivity index (χ4v) is 5.47. The molecule has 1 heteroatoms. The van der Waals surface area contributed by atoms with Gasteiger partial charge in [-0.1, -0.05) is 63.4 Å². The average molecular weight is 305 g/mol. The van der Waals surface area contributed by atoms with Gasteiger partial charge in [0.2, 0.25) is 0 Å². The van der Waals surface area contributed by atoms with E-state index in [1.54, 1.807) is 5.57 Å². The largest absolute Gasteiger partial charge is 0.103 e. The summed E-state index contributed by atoms with van der Waals surface area (Å²) in [4.78, 5) is 0. The molecule has 1 rings (SSSR count). The molecule has 120 valence electrons. The van der Waals surface area contributed by atoms with E-state index < -0.39 is 8.07 Å². The van der Waals surface area contributed by atoms with Crippen LogP contribution >= 0.6 is 0 Å². The third-order valence-electron chi connectivity index (χ3n) is 5.00. The monoisotopic (exact) mass is 304 g/mol. The van der Waals surface area contributed by atoms with Crippen LogP contribution in [0.25, 0.3) is 0 Å². The van der Waals surface area contributed by atoms with Crippen LogP contribution in [0.2, 0.25) is 25.7 Å². The third-order valence-corrected chi connectivity index (χ3v) is 6.51. The molecule has 2 atom stereocenters. The Morgan fingerprint density at radius 3 is 2.38 bits per heavy atom. The first-order valence-electron chi connectivity index (χ1n) is 8.51. The van der Waals surface area contributed by atoms with Gasteiger partial charge < -0.3 is 0 Å². The van der Waals surface area contributed by atoms with E-state index in [4.69, 9.17) is 0 Å². The van der Waals surface area contributed by atoms with Crippen LogP contribution < -0.4 is 0 Å². The van der Waals surface area contributed by atoms with Crippen LogP contribution in [0.15, 0.2) is 36.5 Å². The maximum absolute atomic E-state index is 4.46. The SMILES string of the molecule is C=CC/C=C(\C)CC[C@@H]1[C@@H](C(=C)C[Si](C)(C)C)CC1(C)C. The molecule has 0 nitrogen and oxygen atoms in total. The van der Waals surface area contributed by atoms with E-state index in [1.807, 2.05) is 6.08 Å². The van der Waals surface area contributed by atoms with Gasteiger partial charge in [-0.2, -0.15) is 0 Å². The van der Waals surface area contributed by atoms with Crippen LogP contribution in [0.1, 0.15) is 46.5 Å². The van der Waals surface area contributed by atoms with Gasteiger partial charge in [0.1, 0.15) is 0 Å². The van der Waals surface area contributed by atoms with Gasteiger partial charge in [0.15, 0.2) is 0 Å². The van der Waals surface area contributed by atoms with Crippen LogP contribution in [0.4, 0.5) is 0 Å². The zero-order valence-corrected chi connectivity index (χ0v) is 16.3. The Kier molecular flexibility index (Phi) is 6.28. The van der Waals surface area contributed by atoms with E-state index in [-0.39, 0.29) is 0 Å². The molecule has 1 aliphatic rings. The summed E-state index contributed by atoms with van der Waals surface area (Å²) in [6.45, 7) is 22.8. The second-order valence-corrected chi connectivity index (χ2v) is 14.4. The first kappa shape index (κ1) is 18.5. The highest BCUT2D eigenvalue weighted by molar-refractivity contribution is 6.76. The van der Waals surface area contributed by atoms with E-state index in [0.29, 0.717) is 5.41 Å². The zero-order valence-electron chi connectivity index (χ0n) is 15.3. The van der Waals surface area contributed by atoms with Crippen molar-refractivity contribution in [1.29, 1.82) is 0 Å². The fraction of sp³-hybridized carbons (Fsp3) is 0.700. The van der Waals surface area contributed by atoms with Crippen LogP contribution in [0, 0.1) is 17.3 Å². The normalized spacial score (nSPS) is 25.3. The molecule has 0 aliphatic heterocycles. The maximum Gasteiger partial charge on any atom is 0.0483 e. The van der Waals surface area contributed by atoms with Crippen molar-refractivity contribution in [3.8, 4) is 0 Å². The lowest BCUT2D eigenvalue weighted by atomic mass is 9.52. The maximum atomic E-state index is 4.46. The van der Waals surface area contributed by atoms with Crippen molar-refractivity contribution in [3.05, 3.63) is 36.5 Å². The Hall–Kier alpha value is -0.563. The van der Waals surface area contributed by atoms with Gasteiger partial charge in [0, 0.05) is 8.07 Å². The smallest absolute Gasteiger partial charge is 0.0483 e. The highest BCUT2D eigenvalue weighted by atomic mass is 28.3. The average Bonchev–Trinajstić information content (AvgIpc) is 2.31. The molecule has 0 saturated heterocycles. The number of rotatable bonds is 8. The van der Waals surface area contributed by atoms with Crippen molar-refractivity contribution in [2.75, 3.05) is 0 Å². The van der Waals surface area contributed by atoms with Crippen LogP contribution in [0.3, 0.4) is 0 Å². The number of allylic oxidation sites excluding steroid dienone is 4. The Labute approximate surface area is 134 Å². The van der Waals surface area contributed by atoms with E-state index in [2.05, 4.69) is 59.6 Å². The molecule has 0 N–H and O–H groups in total. The van der Waals surface area contributed by atoms with Crippen LogP contribution in [-0.2, 0) is 0 Å². The van der Waals surface area contributed by atoms with Crippen molar-refractivity contribution in [2.24, 2.45) is 17.3 Å². The summed E-state index contributed by atoms with van der Waals surface area (Å²) in [5.74, 6) is 1.60. The molecule has 0 aromatic rings. The standard InChI is InChI=1S/C20H36Si/c1-9-10-11-16(2)12-13-19-18(14-20(19,4)5)17(3)15-21(6,7)8/h9,11,18-19H,1,3,10,12-15H2,2,4-8H3/b16-11+/t18-,19-/m1/s1. The molecule has 0 amide bonds. The molecular weight excluding hydrogens is 268 g/mol. The van der Waals surface area contributed by atoms with Crippen molar-refractivity contribution in [2.45, 2.75) is 72.1 Å². The summed E-state index contributed by atoms with van der Waals surface area (Å²) in [7, 11) is -1.03. The minimum absolute atomic E-state index is 0.506. The van der Waals surface area contributed by atoms with Crippen LogP contribution in [-0.4, -0.2) is 8.07 Å². The summed E-state index contributed by atoms with van der Waals surface area (Å²) in [6, 6.07) is 1.30. The lowest BCUT2D eigenvalue weighted by molar-refractivity contribution is 0.00504. The lowest BCUT2D eigenvalue weighted by Crippen LogP contribution is -2.45. The van der Waals surface area contributed by atoms with E-state index in [9.17, 15) is 0 Å². The molecule has 0 heterocycles. The van der Waals surface area contributed by atoms with Crippen molar-refractivity contribution >= 4 is 8.07 Å². The highest BCUT2D eigenvalue weighted by Gasteiger charge is 2.47. The van der Waals surface area contributed by atoms with Crippen molar-refractivity contribution < 1.29 is 0 Å². The molecule has 1 fully saturated rings. The second-order valence-electron chi connectivity index (χ2n) is 8.91.